The maximum atomic E-state index is 5.72. The van der Waals surface area contributed by atoms with Gasteiger partial charge in [0.05, 0.1) is 13.2 Å². The summed E-state index contributed by atoms with van der Waals surface area (Å²) in [6.07, 6.45) is 0. The molecule has 2 heterocycles. The average Bonchev–Trinajstić information content (AvgIpc) is 2.48. The first-order valence-corrected chi connectivity index (χ1v) is 13.2. The maximum Gasteiger partial charge on any atom is 0.103 e. The zero-order valence-electron chi connectivity index (χ0n) is 12.8. The molecular formula is C16H24OSi2. The van der Waals surface area contributed by atoms with Gasteiger partial charge >= 0.3 is 0 Å². The van der Waals surface area contributed by atoms with Crippen LogP contribution < -0.4 is 10.4 Å². The fraction of sp³-hybridized carbons (Fsp3) is 0.500. The molecule has 0 spiro atoms. The van der Waals surface area contributed by atoms with Crippen LogP contribution in [0.15, 0.2) is 23.5 Å². The first-order chi connectivity index (χ1) is 8.76. The molecule has 3 heteroatoms. The van der Waals surface area contributed by atoms with Gasteiger partial charge in [-0.25, -0.2) is 0 Å². The lowest BCUT2D eigenvalue weighted by atomic mass is 9.95. The van der Waals surface area contributed by atoms with Gasteiger partial charge in [-0.1, -0.05) is 60.4 Å². The van der Waals surface area contributed by atoms with Crippen molar-refractivity contribution in [2.45, 2.75) is 45.6 Å². The van der Waals surface area contributed by atoms with Crippen molar-refractivity contribution >= 4 is 26.5 Å². The van der Waals surface area contributed by atoms with Gasteiger partial charge in [-0.05, 0) is 11.1 Å². The second kappa shape index (κ2) is 3.93. The quantitative estimate of drug-likeness (QED) is 0.667. The van der Waals surface area contributed by atoms with Crippen LogP contribution in [0.5, 0.6) is 0 Å². The predicted molar refractivity (Wildman–Crippen MR) is 87.9 cm³/mol. The molecule has 0 saturated heterocycles. The third-order valence-corrected chi connectivity index (χ3v) is 15.8. The Morgan fingerprint density at radius 1 is 1.11 bits per heavy atom. The normalized spacial score (nSPS) is 27.0. The third kappa shape index (κ3) is 1.68. The molecule has 0 amide bonds. The number of benzene rings is 1. The molecular weight excluding hydrogens is 264 g/mol. The number of hydrogen-bond donors (Lipinski definition) is 0. The summed E-state index contributed by atoms with van der Waals surface area (Å²) in [5, 5.41) is 3.31. The second-order valence-electron chi connectivity index (χ2n) is 7.24. The van der Waals surface area contributed by atoms with Crippen molar-refractivity contribution in [1.82, 2.24) is 0 Å². The van der Waals surface area contributed by atoms with Crippen LogP contribution in [0.25, 0.3) is 0 Å². The second-order valence-corrected chi connectivity index (χ2v) is 16.5. The Bertz CT molecular complexity index is 572. The summed E-state index contributed by atoms with van der Waals surface area (Å²) < 4.78 is 5.72. The topological polar surface area (TPSA) is 9.23 Å². The molecule has 0 radical (unpaired) electrons. The van der Waals surface area contributed by atoms with E-state index in [9.17, 15) is 0 Å². The molecule has 1 aromatic rings. The average molecular weight is 289 g/mol. The molecule has 0 saturated carbocycles. The molecule has 0 aliphatic carbocycles. The zero-order chi connectivity index (χ0) is 14.0. The summed E-state index contributed by atoms with van der Waals surface area (Å²) in [6.45, 7) is 18.4. The van der Waals surface area contributed by atoms with E-state index in [1.54, 1.807) is 15.2 Å². The van der Waals surface area contributed by atoms with E-state index in [1.807, 2.05) is 0 Å². The van der Waals surface area contributed by atoms with Gasteiger partial charge in [-0.2, -0.15) is 0 Å². The highest BCUT2D eigenvalue weighted by Gasteiger charge is 2.48. The number of rotatable bonds is 0. The van der Waals surface area contributed by atoms with Gasteiger partial charge in [0.2, 0.25) is 0 Å². The van der Waals surface area contributed by atoms with Crippen LogP contribution in [0.2, 0.25) is 26.2 Å². The molecule has 0 fully saturated rings. The summed E-state index contributed by atoms with van der Waals surface area (Å²) in [5.74, 6) is 0.539. The highest BCUT2D eigenvalue weighted by molar-refractivity contribution is 7.22. The van der Waals surface area contributed by atoms with Crippen LogP contribution in [0, 0.1) is 0 Å². The van der Waals surface area contributed by atoms with Gasteiger partial charge < -0.3 is 4.74 Å². The van der Waals surface area contributed by atoms with E-state index >= 15 is 0 Å². The lowest BCUT2D eigenvalue weighted by Crippen LogP contribution is -2.45. The third-order valence-electron chi connectivity index (χ3n) is 5.29. The Morgan fingerprint density at radius 2 is 1.68 bits per heavy atom. The van der Waals surface area contributed by atoms with E-state index in [1.165, 1.54) is 11.1 Å². The van der Waals surface area contributed by atoms with Crippen LogP contribution in [0.3, 0.4) is 0 Å². The summed E-state index contributed by atoms with van der Waals surface area (Å²) in [4.78, 5) is 1.60. The molecule has 102 valence electrons. The van der Waals surface area contributed by atoms with E-state index in [0.29, 0.717) is 5.92 Å². The van der Waals surface area contributed by atoms with Crippen molar-refractivity contribution < 1.29 is 4.74 Å². The first kappa shape index (κ1) is 13.3. The van der Waals surface area contributed by atoms with Crippen LogP contribution in [-0.4, -0.2) is 22.8 Å². The molecule has 1 nitrogen and oxygen atoms in total. The standard InChI is InChI=1S/C16H24OSi2/c1-11-9-17-10-13-7-15-16(8-14(11)13)19(5,6)12(2)18(15,3)4/h7-8,11H,2,9-10H2,1,3-6H3/t11-/m1/s1. The van der Waals surface area contributed by atoms with Gasteiger partial charge in [0.25, 0.3) is 0 Å². The van der Waals surface area contributed by atoms with Crippen LogP contribution >= 0.6 is 0 Å². The minimum Gasteiger partial charge on any atom is -0.376 e. The number of hydrogen-bond acceptors (Lipinski definition) is 1. The smallest absolute Gasteiger partial charge is 0.103 e. The van der Waals surface area contributed by atoms with E-state index in [2.05, 4.69) is 51.8 Å². The van der Waals surface area contributed by atoms with E-state index in [-0.39, 0.29) is 0 Å². The fourth-order valence-electron chi connectivity index (χ4n) is 3.82. The zero-order valence-corrected chi connectivity index (χ0v) is 14.8. The molecule has 3 rings (SSSR count). The van der Waals surface area contributed by atoms with E-state index in [4.69, 9.17) is 4.74 Å². The molecule has 2 aliphatic rings. The lowest BCUT2D eigenvalue weighted by molar-refractivity contribution is 0.0952. The number of ether oxygens (including phenoxy) is 1. The summed E-state index contributed by atoms with van der Waals surface area (Å²) >= 11 is 0. The molecule has 0 aromatic heterocycles. The summed E-state index contributed by atoms with van der Waals surface area (Å²) in [5.41, 5.74) is 2.96. The van der Waals surface area contributed by atoms with Gasteiger partial charge in [0.15, 0.2) is 0 Å². The van der Waals surface area contributed by atoms with E-state index < -0.39 is 16.1 Å². The Hall–Kier alpha value is -0.646. The molecule has 1 atom stereocenters. The van der Waals surface area contributed by atoms with Crippen molar-refractivity contribution in [2.75, 3.05) is 6.61 Å². The van der Waals surface area contributed by atoms with Crippen molar-refractivity contribution in [3.63, 3.8) is 0 Å². The van der Waals surface area contributed by atoms with Gasteiger partial charge in [-0.3, -0.25) is 0 Å². The highest BCUT2D eigenvalue weighted by atomic mass is 28.4. The van der Waals surface area contributed by atoms with E-state index in [0.717, 1.165) is 13.2 Å². The van der Waals surface area contributed by atoms with Crippen molar-refractivity contribution in [1.29, 1.82) is 0 Å². The summed E-state index contributed by atoms with van der Waals surface area (Å²) in [7, 11) is -2.93. The minimum absolute atomic E-state index is 0.539. The predicted octanol–water partition coefficient (Wildman–Crippen LogP) is 2.80. The van der Waals surface area contributed by atoms with Crippen LogP contribution in [0.4, 0.5) is 0 Å². The lowest BCUT2D eigenvalue weighted by Gasteiger charge is -2.26. The van der Waals surface area contributed by atoms with Gasteiger partial charge in [-0.15, -0.1) is 6.58 Å². The molecule has 0 bridgehead atoms. The van der Waals surface area contributed by atoms with Crippen molar-refractivity contribution in [3.05, 3.63) is 34.7 Å². The van der Waals surface area contributed by atoms with Crippen LogP contribution in [-0.2, 0) is 11.3 Å². The molecule has 1 aromatic carbocycles. The fourth-order valence-corrected chi connectivity index (χ4v) is 15.9. The SMILES string of the molecule is C=C1[Si](C)(C)c2cc3c(cc2[Si]1(C)C)[C@H](C)COC3. The van der Waals surface area contributed by atoms with Crippen molar-refractivity contribution in [2.24, 2.45) is 0 Å². The Labute approximate surface area is 118 Å². The Morgan fingerprint density at radius 3 is 2.32 bits per heavy atom. The number of fused-ring (bicyclic) bond motifs is 2. The highest BCUT2D eigenvalue weighted by Crippen LogP contribution is 2.33. The largest absolute Gasteiger partial charge is 0.376 e. The van der Waals surface area contributed by atoms with Crippen LogP contribution in [0.1, 0.15) is 24.0 Å². The molecule has 2 aliphatic heterocycles. The van der Waals surface area contributed by atoms with Crippen molar-refractivity contribution in [3.8, 4) is 0 Å². The maximum absolute atomic E-state index is 5.72. The monoisotopic (exact) mass is 288 g/mol. The minimum atomic E-state index is -1.47. The first-order valence-electron chi connectivity index (χ1n) is 7.21. The molecule has 0 unspecified atom stereocenters. The van der Waals surface area contributed by atoms with Gasteiger partial charge in [0.1, 0.15) is 16.1 Å². The molecule has 0 N–H and O–H groups in total. The van der Waals surface area contributed by atoms with Gasteiger partial charge in [0, 0.05) is 5.92 Å². The Balaban J connectivity index is 2.28. The molecule has 19 heavy (non-hydrogen) atoms. The Kier molecular flexibility index (Phi) is 2.76. The summed E-state index contributed by atoms with van der Waals surface area (Å²) in [6, 6.07) is 5.00.